The van der Waals surface area contributed by atoms with Crippen molar-refractivity contribution in [1.29, 1.82) is 0 Å². The predicted molar refractivity (Wildman–Crippen MR) is 104 cm³/mol. The summed E-state index contributed by atoms with van der Waals surface area (Å²) in [5.74, 6) is 0.888. The van der Waals surface area contributed by atoms with E-state index in [0.717, 1.165) is 32.0 Å². The summed E-state index contributed by atoms with van der Waals surface area (Å²) in [5, 5.41) is 9.13. The Balaban J connectivity index is 1.52. The molecule has 0 aliphatic carbocycles. The van der Waals surface area contributed by atoms with Crippen molar-refractivity contribution in [2.45, 2.75) is 32.9 Å². The zero-order chi connectivity index (χ0) is 16.9. The van der Waals surface area contributed by atoms with Gasteiger partial charge in [-0.05, 0) is 49.4 Å². The van der Waals surface area contributed by atoms with Crippen molar-refractivity contribution < 1.29 is 0 Å². The van der Waals surface area contributed by atoms with Crippen LogP contribution in [0.15, 0.2) is 40.7 Å². The van der Waals surface area contributed by atoms with Gasteiger partial charge in [-0.25, -0.2) is 0 Å². The van der Waals surface area contributed by atoms with Crippen LogP contribution in [-0.2, 0) is 6.54 Å². The monoisotopic (exact) mass is 342 g/mol. The van der Waals surface area contributed by atoms with E-state index in [4.69, 9.17) is 0 Å². The Hall–Kier alpha value is -2.01. The van der Waals surface area contributed by atoms with Crippen LogP contribution in [0.4, 0.5) is 5.69 Å². The van der Waals surface area contributed by atoms with Crippen LogP contribution in [0, 0.1) is 13.8 Å². The highest BCUT2D eigenvalue weighted by atomic mass is 32.1. The Labute approximate surface area is 148 Å². The summed E-state index contributed by atoms with van der Waals surface area (Å²) >= 11 is 1.79. The second kappa shape index (κ2) is 7.71. The molecule has 1 aromatic carbocycles. The zero-order valence-corrected chi connectivity index (χ0v) is 15.5. The standard InChI is InChI=1S/C19H26N4S/c1-14-4-6-17(7-5-14)23-10-8-16(13-23)22-19(20-3)21-12-18-15(2)9-11-24-18/h4-7,9,11,16H,8,10,12-13H2,1-3H3,(H2,20,21,22). The highest BCUT2D eigenvalue weighted by Gasteiger charge is 2.23. The number of benzene rings is 1. The smallest absolute Gasteiger partial charge is 0.191 e. The molecule has 1 aromatic heterocycles. The Kier molecular flexibility index (Phi) is 5.41. The number of aryl methyl sites for hydroxylation is 2. The molecule has 2 N–H and O–H groups in total. The van der Waals surface area contributed by atoms with Gasteiger partial charge in [-0.2, -0.15) is 0 Å². The number of rotatable bonds is 4. The second-order valence-corrected chi connectivity index (χ2v) is 7.36. The first-order valence-electron chi connectivity index (χ1n) is 8.47. The van der Waals surface area contributed by atoms with Gasteiger partial charge in [-0.1, -0.05) is 17.7 Å². The maximum atomic E-state index is 4.37. The maximum absolute atomic E-state index is 4.37. The largest absolute Gasteiger partial charge is 0.369 e. The fourth-order valence-corrected chi connectivity index (χ4v) is 3.85. The molecule has 4 nitrogen and oxygen atoms in total. The van der Waals surface area contributed by atoms with Crippen molar-refractivity contribution in [3.05, 3.63) is 51.7 Å². The molecule has 1 atom stereocenters. The first-order valence-corrected chi connectivity index (χ1v) is 9.35. The molecule has 5 heteroatoms. The quantitative estimate of drug-likeness (QED) is 0.661. The normalized spacial score (nSPS) is 18.0. The average molecular weight is 343 g/mol. The summed E-state index contributed by atoms with van der Waals surface area (Å²) in [6.45, 7) is 7.21. The van der Waals surface area contributed by atoms with Crippen molar-refractivity contribution in [2.24, 2.45) is 4.99 Å². The Morgan fingerprint density at radius 1 is 1.25 bits per heavy atom. The summed E-state index contributed by atoms with van der Waals surface area (Å²) in [6.07, 6.45) is 1.13. The molecule has 2 heterocycles. The minimum absolute atomic E-state index is 0.432. The van der Waals surface area contributed by atoms with E-state index in [2.05, 4.69) is 70.1 Å². The summed E-state index contributed by atoms with van der Waals surface area (Å²) in [6, 6.07) is 11.4. The fourth-order valence-electron chi connectivity index (χ4n) is 3.01. The van der Waals surface area contributed by atoms with Crippen LogP contribution in [0.3, 0.4) is 0 Å². The van der Waals surface area contributed by atoms with Crippen LogP contribution in [0.2, 0.25) is 0 Å². The topological polar surface area (TPSA) is 39.7 Å². The van der Waals surface area contributed by atoms with E-state index in [1.807, 2.05) is 7.05 Å². The molecule has 128 valence electrons. The van der Waals surface area contributed by atoms with Crippen molar-refractivity contribution in [2.75, 3.05) is 25.0 Å². The molecular weight excluding hydrogens is 316 g/mol. The van der Waals surface area contributed by atoms with Gasteiger partial charge in [0.1, 0.15) is 0 Å². The molecule has 2 aromatic rings. The van der Waals surface area contributed by atoms with Crippen LogP contribution in [-0.4, -0.2) is 32.1 Å². The van der Waals surface area contributed by atoms with E-state index in [1.54, 1.807) is 11.3 Å². The van der Waals surface area contributed by atoms with E-state index >= 15 is 0 Å². The zero-order valence-electron chi connectivity index (χ0n) is 14.7. The maximum Gasteiger partial charge on any atom is 0.191 e. The molecule has 3 rings (SSSR count). The van der Waals surface area contributed by atoms with Crippen LogP contribution in [0.25, 0.3) is 0 Å². The SMILES string of the molecule is CN=C(NCc1sccc1C)NC1CCN(c2ccc(C)cc2)C1. The van der Waals surface area contributed by atoms with Crippen LogP contribution in [0.1, 0.15) is 22.4 Å². The molecule has 1 aliphatic rings. The number of thiophene rings is 1. The van der Waals surface area contributed by atoms with Crippen LogP contribution < -0.4 is 15.5 Å². The number of hydrogen-bond acceptors (Lipinski definition) is 3. The molecule has 0 radical (unpaired) electrons. The van der Waals surface area contributed by atoms with Crippen molar-refractivity contribution >= 4 is 23.0 Å². The van der Waals surface area contributed by atoms with Crippen LogP contribution in [0.5, 0.6) is 0 Å². The van der Waals surface area contributed by atoms with Gasteiger partial charge in [0, 0.05) is 36.7 Å². The van der Waals surface area contributed by atoms with Gasteiger partial charge < -0.3 is 15.5 Å². The highest BCUT2D eigenvalue weighted by Crippen LogP contribution is 2.20. The Morgan fingerprint density at radius 2 is 2.04 bits per heavy atom. The lowest BCUT2D eigenvalue weighted by Crippen LogP contribution is -2.44. The molecule has 1 unspecified atom stereocenters. The molecule has 0 saturated carbocycles. The fraction of sp³-hybridized carbons (Fsp3) is 0.421. The molecule has 1 aliphatic heterocycles. The summed E-state index contributed by atoms with van der Waals surface area (Å²) in [5.41, 5.74) is 3.96. The summed E-state index contributed by atoms with van der Waals surface area (Å²) < 4.78 is 0. The first kappa shape index (κ1) is 16.8. The summed E-state index contributed by atoms with van der Waals surface area (Å²) in [4.78, 5) is 8.18. The van der Waals surface area contributed by atoms with Gasteiger partial charge in [0.25, 0.3) is 0 Å². The van der Waals surface area contributed by atoms with Gasteiger partial charge >= 0.3 is 0 Å². The number of nitrogens with zero attached hydrogens (tertiary/aromatic N) is 2. The molecule has 0 spiro atoms. The lowest BCUT2D eigenvalue weighted by molar-refractivity contribution is 0.649. The number of anilines is 1. The molecule has 24 heavy (non-hydrogen) atoms. The highest BCUT2D eigenvalue weighted by molar-refractivity contribution is 7.10. The first-order chi connectivity index (χ1) is 11.7. The van der Waals surface area contributed by atoms with Crippen molar-refractivity contribution in [1.82, 2.24) is 10.6 Å². The number of guanidine groups is 1. The van der Waals surface area contributed by atoms with E-state index in [-0.39, 0.29) is 0 Å². The predicted octanol–water partition coefficient (Wildman–Crippen LogP) is 3.31. The molecule has 1 fully saturated rings. The number of aliphatic imine (C=N–C) groups is 1. The third-order valence-corrected chi connectivity index (χ3v) is 5.56. The number of nitrogens with one attached hydrogen (secondary N) is 2. The van der Waals surface area contributed by atoms with Crippen molar-refractivity contribution in [3.63, 3.8) is 0 Å². The van der Waals surface area contributed by atoms with E-state index in [0.29, 0.717) is 6.04 Å². The molecule has 1 saturated heterocycles. The van der Waals surface area contributed by atoms with E-state index in [1.165, 1.54) is 21.7 Å². The molecule has 0 bridgehead atoms. The van der Waals surface area contributed by atoms with Gasteiger partial charge in [-0.3, -0.25) is 4.99 Å². The molecule has 0 amide bonds. The number of hydrogen-bond donors (Lipinski definition) is 2. The van der Waals surface area contributed by atoms with Crippen LogP contribution >= 0.6 is 11.3 Å². The van der Waals surface area contributed by atoms with Crippen molar-refractivity contribution in [3.8, 4) is 0 Å². The second-order valence-electron chi connectivity index (χ2n) is 6.36. The van der Waals surface area contributed by atoms with Gasteiger partial charge in [0.15, 0.2) is 5.96 Å². The van der Waals surface area contributed by atoms with E-state index < -0.39 is 0 Å². The lowest BCUT2D eigenvalue weighted by atomic mass is 10.2. The third kappa shape index (κ3) is 4.09. The minimum atomic E-state index is 0.432. The molecular formula is C19H26N4S. The Bertz CT molecular complexity index is 690. The van der Waals surface area contributed by atoms with Gasteiger partial charge in [0.05, 0.1) is 6.54 Å². The van der Waals surface area contributed by atoms with Gasteiger partial charge in [0.2, 0.25) is 0 Å². The average Bonchev–Trinajstić information content (AvgIpc) is 3.21. The lowest BCUT2D eigenvalue weighted by Gasteiger charge is -2.20. The third-order valence-electron chi connectivity index (χ3n) is 4.54. The van der Waals surface area contributed by atoms with E-state index in [9.17, 15) is 0 Å². The van der Waals surface area contributed by atoms with Gasteiger partial charge in [-0.15, -0.1) is 11.3 Å². The Morgan fingerprint density at radius 3 is 2.71 bits per heavy atom. The summed E-state index contributed by atoms with van der Waals surface area (Å²) in [7, 11) is 1.84. The minimum Gasteiger partial charge on any atom is -0.369 e.